The lowest BCUT2D eigenvalue weighted by molar-refractivity contribution is 0.00824. The van der Waals surface area contributed by atoms with Crippen molar-refractivity contribution in [2.75, 3.05) is 13.2 Å². The van der Waals surface area contributed by atoms with E-state index in [9.17, 15) is 0 Å². The number of hydrogen-bond acceptors (Lipinski definition) is 2. The van der Waals surface area contributed by atoms with Crippen LogP contribution in [0.1, 0.15) is 11.5 Å². The molecule has 2 aromatic heterocycles. The molecule has 13 heavy (non-hydrogen) atoms. The summed E-state index contributed by atoms with van der Waals surface area (Å²) in [6, 6.07) is 6.26. The standard InChI is InChI=1S/C10H10N2O/c1-2-10-3-4-11-12(10)5-8(1)9-6-13-7-9/h1-5,9H,6-7H2. The van der Waals surface area contributed by atoms with Gasteiger partial charge in [-0.25, -0.2) is 4.52 Å². The number of aromatic nitrogens is 2. The van der Waals surface area contributed by atoms with Crippen LogP contribution < -0.4 is 0 Å². The molecule has 0 bridgehead atoms. The topological polar surface area (TPSA) is 26.5 Å². The molecular weight excluding hydrogens is 164 g/mol. The maximum Gasteiger partial charge on any atom is 0.0661 e. The van der Waals surface area contributed by atoms with Gasteiger partial charge in [-0.15, -0.1) is 0 Å². The largest absolute Gasteiger partial charge is 0.380 e. The van der Waals surface area contributed by atoms with Crippen LogP contribution in [0.25, 0.3) is 5.52 Å². The first-order valence-electron chi connectivity index (χ1n) is 4.44. The molecule has 0 spiro atoms. The highest BCUT2D eigenvalue weighted by molar-refractivity contribution is 5.46. The summed E-state index contributed by atoms with van der Waals surface area (Å²) in [4.78, 5) is 0. The molecule has 1 aliphatic rings. The first-order chi connectivity index (χ1) is 6.43. The van der Waals surface area contributed by atoms with Gasteiger partial charge in [0, 0.05) is 18.3 Å². The fourth-order valence-electron chi connectivity index (χ4n) is 1.60. The Morgan fingerprint density at radius 2 is 2.23 bits per heavy atom. The molecule has 0 aliphatic carbocycles. The van der Waals surface area contributed by atoms with E-state index in [1.807, 2.05) is 16.8 Å². The average molecular weight is 174 g/mol. The number of rotatable bonds is 1. The summed E-state index contributed by atoms with van der Waals surface area (Å²) in [5.41, 5.74) is 2.46. The molecule has 0 aromatic carbocycles. The SMILES string of the molecule is c1cc2ccc(C3COC3)cn2n1. The van der Waals surface area contributed by atoms with Crippen LogP contribution in [0.2, 0.25) is 0 Å². The molecule has 3 heterocycles. The number of ether oxygens (including phenoxy) is 1. The molecule has 1 saturated heterocycles. The molecule has 1 aliphatic heterocycles. The molecule has 3 heteroatoms. The second-order valence-corrected chi connectivity index (χ2v) is 3.40. The minimum atomic E-state index is 0.577. The first-order valence-corrected chi connectivity index (χ1v) is 4.44. The van der Waals surface area contributed by atoms with Crippen molar-refractivity contribution in [1.29, 1.82) is 0 Å². The van der Waals surface area contributed by atoms with Gasteiger partial charge in [0.25, 0.3) is 0 Å². The first kappa shape index (κ1) is 7.09. The number of fused-ring (bicyclic) bond motifs is 1. The van der Waals surface area contributed by atoms with Gasteiger partial charge in [0.15, 0.2) is 0 Å². The highest BCUT2D eigenvalue weighted by Gasteiger charge is 2.20. The molecule has 3 nitrogen and oxygen atoms in total. The van der Waals surface area contributed by atoms with Crippen molar-refractivity contribution in [3.8, 4) is 0 Å². The van der Waals surface area contributed by atoms with E-state index in [0.29, 0.717) is 5.92 Å². The molecule has 66 valence electrons. The Bertz CT molecular complexity index is 431. The van der Waals surface area contributed by atoms with E-state index in [4.69, 9.17) is 4.74 Å². The van der Waals surface area contributed by atoms with Gasteiger partial charge in [-0.1, -0.05) is 6.07 Å². The smallest absolute Gasteiger partial charge is 0.0661 e. The Kier molecular flexibility index (Phi) is 1.40. The Morgan fingerprint density at radius 1 is 1.31 bits per heavy atom. The molecule has 2 aromatic rings. The van der Waals surface area contributed by atoms with Gasteiger partial charge in [0.1, 0.15) is 0 Å². The van der Waals surface area contributed by atoms with Crippen LogP contribution >= 0.6 is 0 Å². The van der Waals surface area contributed by atoms with Crippen molar-refractivity contribution in [2.45, 2.75) is 5.92 Å². The van der Waals surface area contributed by atoms with Crippen LogP contribution in [0.15, 0.2) is 30.6 Å². The summed E-state index contributed by atoms with van der Waals surface area (Å²) in [6.07, 6.45) is 3.90. The lowest BCUT2D eigenvalue weighted by atomic mass is 10.00. The molecule has 0 N–H and O–H groups in total. The predicted molar refractivity (Wildman–Crippen MR) is 48.8 cm³/mol. The summed E-state index contributed by atoms with van der Waals surface area (Å²) < 4.78 is 7.06. The van der Waals surface area contributed by atoms with E-state index < -0.39 is 0 Å². The van der Waals surface area contributed by atoms with Crippen molar-refractivity contribution < 1.29 is 4.74 Å². The zero-order chi connectivity index (χ0) is 8.67. The van der Waals surface area contributed by atoms with Gasteiger partial charge in [0.2, 0.25) is 0 Å². The maximum absolute atomic E-state index is 5.15. The van der Waals surface area contributed by atoms with Crippen molar-refractivity contribution >= 4 is 5.52 Å². The summed E-state index contributed by atoms with van der Waals surface area (Å²) in [6.45, 7) is 1.71. The quantitative estimate of drug-likeness (QED) is 0.654. The average Bonchev–Trinajstić information content (AvgIpc) is 2.47. The van der Waals surface area contributed by atoms with Crippen LogP contribution in [0.4, 0.5) is 0 Å². The Balaban J connectivity index is 2.09. The second kappa shape index (κ2) is 2.57. The monoisotopic (exact) mass is 174 g/mol. The van der Waals surface area contributed by atoms with Crippen molar-refractivity contribution in [1.82, 2.24) is 9.61 Å². The summed E-state index contributed by atoms with van der Waals surface area (Å²) >= 11 is 0. The molecule has 0 unspecified atom stereocenters. The van der Waals surface area contributed by atoms with Crippen molar-refractivity contribution in [2.24, 2.45) is 0 Å². The molecule has 0 saturated carbocycles. The van der Waals surface area contributed by atoms with Gasteiger partial charge in [-0.3, -0.25) is 0 Å². The van der Waals surface area contributed by atoms with Crippen molar-refractivity contribution in [3.05, 3.63) is 36.2 Å². The van der Waals surface area contributed by atoms with Crippen LogP contribution in [0.3, 0.4) is 0 Å². The van der Waals surface area contributed by atoms with E-state index in [-0.39, 0.29) is 0 Å². The van der Waals surface area contributed by atoms with Crippen molar-refractivity contribution in [3.63, 3.8) is 0 Å². The summed E-state index contributed by atoms with van der Waals surface area (Å²) in [5, 5.41) is 4.20. The van der Waals surface area contributed by atoms with Gasteiger partial charge in [-0.2, -0.15) is 5.10 Å². The van der Waals surface area contributed by atoms with Gasteiger partial charge in [0.05, 0.1) is 18.7 Å². The minimum Gasteiger partial charge on any atom is -0.380 e. The van der Waals surface area contributed by atoms with E-state index in [1.165, 1.54) is 5.56 Å². The molecule has 3 rings (SSSR count). The Hall–Kier alpha value is -1.35. The lowest BCUT2D eigenvalue weighted by Gasteiger charge is -2.26. The molecule has 0 atom stereocenters. The second-order valence-electron chi connectivity index (χ2n) is 3.40. The third kappa shape index (κ3) is 1.04. The Morgan fingerprint density at radius 3 is 3.00 bits per heavy atom. The minimum absolute atomic E-state index is 0.577. The number of nitrogens with zero attached hydrogens (tertiary/aromatic N) is 2. The fourth-order valence-corrected chi connectivity index (χ4v) is 1.60. The van der Waals surface area contributed by atoms with Gasteiger partial charge < -0.3 is 4.74 Å². The van der Waals surface area contributed by atoms with Gasteiger partial charge in [-0.05, 0) is 17.7 Å². The predicted octanol–water partition coefficient (Wildman–Crippen LogP) is 1.45. The normalized spacial score (nSPS) is 17.5. The zero-order valence-electron chi connectivity index (χ0n) is 7.18. The third-order valence-corrected chi connectivity index (χ3v) is 2.53. The molecule has 0 amide bonds. The molecule has 1 fully saturated rings. The van der Waals surface area contributed by atoms with Crippen LogP contribution in [0.5, 0.6) is 0 Å². The van der Waals surface area contributed by atoms with E-state index in [0.717, 1.165) is 18.7 Å². The van der Waals surface area contributed by atoms with Gasteiger partial charge >= 0.3 is 0 Å². The highest BCUT2D eigenvalue weighted by atomic mass is 16.5. The number of hydrogen-bond donors (Lipinski definition) is 0. The highest BCUT2D eigenvalue weighted by Crippen LogP contribution is 2.23. The molecular formula is C10H10N2O. The fraction of sp³-hybridized carbons (Fsp3) is 0.300. The summed E-state index contributed by atoms with van der Waals surface area (Å²) in [5.74, 6) is 0.577. The van der Waals surface area contributed by atoms with E-state index >= 15 is 0 Å². The maximum atomic E-state index is 5.15. The third-order valence-electron chi connectivity index (χ3n) is 2.53. The molecule has 0 radical (unpaired) electrons. The van der Waals surface area contributed by atoms with Crippen LogP contribution in [-0.4, -0.2) is 22.8 Å². The zero-order valence-corrected chi connectivity index (χ0v) is 7.18. The lowest BCUT2D eigenvalue weighted by Crippen LogP contribution is -2.25. The van der Waals surface area contributed by atoms with E-state index in [1.54, 1.807) is 0 Å². The number of pyridine rings is 1. The van der Waals surface area contributed by atoms with Crippen LogP contribution in [-0.2, 0) is 4.74 Å². The van der Waals surface area contributed by atoms with Crippen LogP contribution in [0, 0.1) is 0 Å². The van der Waals surface area contributed by atoms with E-state index in [2.05, 4.69) is 23.4 Å². The Labute approximate surface area is 75.9 Å². The summed E-state index contributed by atoms with van der Waals surface area (Å²) in [7, 11) is 0.